The fraction of sp³-hybridized carbons (Fsp3) is 0.667. The number of rotatable bonds is 3. The molecule has 0 aromatic carbocycles. The lowest BCUT2D eigenvalue weighted by atomic mass is 10.0. The lowest BCUT2D eigenvalue weighted by molar-refractivity contribution is 0.446. The molecular formula is C12H20N4S. The fourth-order valence-electron chi connectivity index (χ4n) is 1.79. The van der Waals surface area contributed by atoms with Gasteiger partial charge in [0, 0.05) is 43.2 Å². The lowest BCUT2D eigenvalue weighted by Crippen LogP contribution is -2.46. The summed E-state index contributed by atoms with van der Waals surface area (Å²) in [5.41, 5.74) is 1.42. The Kier molecular flexibility index (Phi) is 3.76. The van der Waals surface area contributed by atoms with Crippen molar-refractivity contribution >= 4 is 16.9 Å². The first-order chi connectivity index (χ1) is 8.07. The van der Waals surface area contributed by atoms with Crippen LogP contribution in [0.2, 0.25) is 0 Å². The van der Waals surface area contributed by atoms with Gasteiger partial charge in [-0.25, -0.2) is 0 Å². The number of aromatic nitrogens is 2. The van der Waals surface area contributed by atoms with Gasteiger partial charge in [-0.3, -0.25) is 9.67 Å². The monoisotopic (exact) mass is 252 g/mol. The highest BCUT2D eigenvalue weighted by Gasteiger charge is 2.23. The zero-order valence-electron chi connectivity index (χ0n) is 10.7. The summed E-state index contributed by atoms with van der Waals surface area (Å²) in [7, 11) is 1.97. The first-order valence-electron chi connectivity index (χ1n) is 5.99. The van der Waals surface area contributed by atoms with Crippen molar-refractivity contribution in [3.05, 3.63) is 18.0 Å². The Morgan fingerprint density at radius 2 is 2.41 bits per heavy atom. The molecule has 0 bridgehead atoms. The summed E-state index contributed by atoms with van der Waals surface area (Å²) in [6, 6.07) is 2.05. The molecule has 1 aliphatic rings. The highest BCUT2D eigenvalue weighted by molar-refractivity contribution is 8.13. The fourth-order valence-corrected chi connectivity index (χ4v) is 3.13. The minimum absolute atomic E-state index is 0.191. The summed E-state index contributed by atoms with van der Waals surface area (Å²) in [5, 5.41) is 8.72. The largest absolute Gasteiger partial charge is 0.360 e. The third-order valence-corrected chi connectivity index (χ3v) is 3.87. The van der Waals surface area contributed by atoms with Gasteiger partial charge in [-0.05, 0) is 26.3 Å². The van der Waals surface area contributed by atoms with Crippen LogP contribution in [-0.2, 0) is 13.5 Å². The van der Waals surface area contributed by atoms with Crippen LogP contribution in [0, 0.1) is 0 Å². The van der Waals surface area contributed by atoms with Gasteiger partial charge < -0.3 is 5.32 Å². The molecule has 0 saturated carbocycles. The zero-order chi connectivity index (χ0) is 12.3. The summed E-state index contributed by atoms with van der Waals surface area (Å²) < 4.78 is 1.91. The zero-order valence-corrected chi connectivity index (χ0v) is 11.5. The third-order valence-electron chi connectivity index (χ3n) is 2.96. The number of amidine groups is 1. The molecular weight excluding hydrogens is 232 g/mol. The predicted octanol–water partition coefficient (Wildman–Crippen LogP) is 1.82. The van der Waals surface area contributed by atoms with Gasteiger partial charge in [0.25, 0.3) is 0 Å². The summed E-state index contributed by atoms with van der Waals surface area (Å²) in [5.74, 6) is 1.16. The highest BCUT2D eigenvalue weighted by Crippen LogP contribution is 2.21. The van der Waals surface area contributed by atoms with Crippen molar-refractivity contribution in [1.82, 2.24) is 15.1 Å². The first-order valence-corrected chi connectivity index (χ1v) is 6.98. The molecule has 4 nitrogen and oxygen atoms in total. The molecule has 5 heteroatoms. The van der Waals surface area contributed by atoms with E-state index in [1.807, 2.05) is 35.8 Å². The van der Waals surface area contributed by atoms with Crippen LogP contribution in [-0.4, -0.2) is 32.8 Å². The van der Waals surface area contributed by atoms with Crippen LogP contribution >= 0.6 is 11.8 Å². The average molecular weight is 252 g/mol. The molecule has 0 amide bonds. The van der Waals surface area contributed by atoms with E-state index in [0.29, 0.717) is 0 Å². The van der Waals surface area contributed by atoms with Crippen LogP contribution in [0.3, 0.4) is 0 Å². The van der Waals surface area contributed by atoms with Crippen molar-refractivity contribution in [3.63, 3.8) is 0 Å². The van der Waals surface area contributed by atoms with E-state index in [4.69, 9.17) is 0 Å². The highest BCUT2D eigenvalue weighted by atomic mass is 32.2. The maximum Gasteiger partial charge on any atom is 0.156 e. The topological polar surface area (TPSA) is 42.2 Å². The second kappa shape index (κ2) is 5.12. The molecule has 1 N–H and O–H groups in total. The molecule has 1 fully saturated rings. The van der Waals surface area contributed by atoms with Gasteiger partial charge in [0.2, 0.25) is 0 Å². The molecule has 17 heavy (non-hydrogen) atoms. The van der Waals surface area contributed by atoms with Gasteiger partial charge in [0.05, 0.1) is 0 Å². The number of thioether (sulfide) groups is 1. The van der Waals surface area contributed by atoms with E-state index in [0.717, 1.165) is 23.9 Å². The van der Waals surface area contributed by atoms with Crippen molar-refractivity contribution < 1.29 is 0 Å². The summed E-state index contributed by atoms with van der Waals surface area (Å²) in [4.78, 5) is 4.62. The first kappa shape index (κ1) is 12.5. The summed E-state index contributed by atoms with van der Waals surface area (Å²) in [6.07, 6.45) is 3.97. The van der Waals surface area contributed by atoms with Gasteiger partial charge in [-0.15, -0.1) is 0 Å². The third kappa shape index (κ3) is 3.49. The van der Waals surface area contributed by atoms with E-state index in [9.17, 15) is 0 Å². The smallest absolute Gasteiger partial charge is 0.156 e. The second-order valence-corrected chi connectivity index (χ2v) is 6.07. The van der Waals surface area contributed by atoms with E-state index in [-0.39, 0.29) is 5.54 Å². The molecule has 1 aliphatic heterocycles. The molecule has 0 aliphatic carbocycles. The standard InChI is InChI=1S/C12H20N4S/c1-12(2)6-9-17-11(15-12)13-7-4-10-5-8-14-16(10)3/h5,8H,4,6-7,9H2,1-3H3,(H,13,15). The number of hydrogen-bond donors (Lipinski definition) is 1. The summed E-state index contributed by atoms with van der Waals surface area (Å²) in [6.45, 7) is 5.28. The average Bonchev–Trinajstić information content (AvgIpc) is 2.63. The van der Waals surface area contributed by atoms with Crippen LogP contribution in [0.15, 0.2) is 17.3 Å². The van der Waals surface area contributed by atoms with E-state index < -0.39 is 0 Å². The molecule has 0 spiro atoms. The molecule has 1 saturated heterocycles. The molecule has 0 radical (unpaired) electrons. The van der Waals surface area contributed by atoms with Gasteiger partial charge in [0.15, 0.2) is 5.17 Å². The van der Waals surface area contributed by atoms with E-state index in [1.165, 1.54) is 12.1 Å². The van der Waals surface area contributed by atoms with Crippen LogP contribution in [0.25, 0.3) is 0 Å². The van der Waals surface area contributed by atoms with Crippen LogP contribution in [0.4, 0.5) is 0 Å². The normalized spacial score (nSPS) is 21.5. The Hall–Kier alpha value is -0.970. The van der Waals surface area contributed by atoms with Crippen molar-refractivity contribution in [2.75, 3.05) is 12.3 Å². The van der Waals surface area contributed by atoms with Crippen molar-refractivity contribution in [2.45, 2.75) is 32.2 Å². The SMILES string of the molecule is Cn1nccc1CCN=C1NC(C)(C)CCS1. The van der Waals surface area contributed by atoms with Crippen LogP contribution in [0.1, 0.15) is 26.0 Å². The van der Waals surface area contributed by atoms with Crippen molar-refractivity contribution in [1.29, 1.82) is 0 Å². The Morgan fingerprint density at radius 3 is 3.06 bits per heavy atom. The minimum Gasteiger partial charge on any atom is -0.360 e. The molecule has 94 valence electrons. The van der Waals surface area contributed by atoms with Gasteiger partial charge in [-0.1, -0.05) is 11.8 Å². The van der Waals surface area contributed by atoms with Gasteiger partial charge >= 0.3 is 0 Å². The Bertz CT molecular complexity index is 408. The number of aliphatic imine (C=N–C) groups is 1. The molecule has 2 rings (SSSR count). The number of aryl methyl sites for hydroxylation is 1. The molecule has 0 atom stereocenters. The molecule has 1 aromatic rings. The van der Waals surface area contributed by atoms with E-state index >= 15 is 0 Å². The number of nitrogens with one attached hydrogen (secondary N) is 1. The van der Waals surface area contributed by atoms with Crippen LogP contribution < -0.4 is 5.32 Å². The van der Waals surface area contributed by atoms with E-state index in [2.05, 4.69) is 29.3 Å². The lowest BCUT2D eigenvalue weighted by Gasteiger charge is -2.32. The second-order valence-electron chi connectivity index (χ2n) is 4.99. The summed E-state index contributed by atoms with van der Waals surface area (Å²) >= 11 is 1.82. The quantitative estimate of drug-likeness (QED) is 0.892. The van der Waals surface area contributed by atoms with Gasteiger partial charge in [0.1, 0.15) is 0 Å². The molecule has 2 heterocycles. The maximum absolute atomic E-state index is 4.62. The Morgan fingerprint density at radius 1 is 1.59 bits per heavy atom. The van der Waals surface area contributed by atoms with Crippen molar-refractivity contribution in [2.24, 2.45) is 12.0 Å². The molecule has 1 aromatic heterocycles. The van der Waals surface area contributed by atoms with Crippen molar-refractivity contribution in [3.8, 4) is 0 Å². The number of hydrogen-bond acceptors (Lipinski definition) is 3. The Labute approximate surface area is 107 Å². The Balaban J connectivity index is 1.86. The van der Waals surface area contributed by atoms with Crippen LogP contribution in [0.5, 0.6) is 0 Å². The van der Waals surface area contributed by atoms with E-state index in [1.54, 1.807) is 0 Å². The predicted molar refractivity (Wildman–Crippen MR) is 73.5 cm³/mol. The van der Waals surface area contributed by atoms with Gasteiger partial charge in [-0.2, -0.15) is 5.10 Å². The number of nitrogens with zero attached hydrogens (tertiary/aromatic N) is 3. The minimum atomic E-state index is 0.191. The molecule has 0 unspecified atom stereocenters. The maximum atomic E-state index is 4.62.